The third kappa shape index (κ3) is 5.86. The first-order valence-corrected chi connectivity index (χ1v) is 8.49. The Labute approximate surface area is 144 Å². The first-order valence-electron chi connectivity index (χ1n) is 8.49. The minimum Gasteiger partial charge on any atom is -0.444 e. The number of nitrogens with zero attached hydrogens (tertiary/aromatic N) is 3. The molecule has 0 aromatic carbocycles. The van der Waals surface area contributed by atoms with Gasteiger partial charge < -0.3 is 20.3 Å². The van der Waals surface area contributed by atoms with Gasteiger partial charge >= 0.3 is 6.09 Å². The summed E-state index contributed by atoms with van der Waals surface area (Å²) in [4.78, 5) is 22.6. The lowest BCUT2D eigenvalue weighted by Gasteiger charge is -2.30. The lowest BCUT2D eigenvalue weighted by molar-refractivity contribution is 0.0492. The molecule has 1 amide bonds. The molecule has 0 aliphatic heterocycles. The van der Waals surface area contributed by atoms with Gasteiger partial charge in [-0.05, 0) is 52.5 Å². The summed E-state index contributed by atoms with van der Waals surface area (Å²) < 4.78 is 5.31. The molecule has 1 aliphatic rings. The van der Waals surface area contributed by atoms with Gasteiger partial charge in [0.2, 0.25) is 5.95 Å². The topological polar surface area (TPSA) is 79.4 Å². The van der Waals surface area contributed by atoms with Crippen molar-refractivity contribution in [2.45, 2.75) is 64.1 Å². The Morgan fingerprint density at radius 2 is 1.83 bits per heavy atom. The summed E-state index contributed by atoms with van der Waals surface area (Å²) in [7, 11) is 3.92. The summed E-state index contributed by atoms with van der Waals surface area (Å²) >= 11 is 0. The van der Waals surface area contributed by atoms with Gasteiger partial charge in [-0.2, -0.15) is 4.98 Å². The van der Waals surface area contributed by atoms with E-state index in [2.05, 4.69) is 20.6 Å². The molecule has 1 aliphatic carbocycles. The Kier molecular flexibility index (Phi) is 5.85. The van der Waals surface area contributed by atoms with Crippen molar-refractivity contribution >= 4 is 17.9 Å². The lowest BCUT2D eigenvalue weighted by Crippen LogP contribution is -2.42. The summed E-state index contributed by atoms with van der Waals surface area (Å²) in [5.41, 5.74) is -0.461. The molecule has 0 bridgehead atoms. The van der Waals surface area contributed by atoms with E-state index in [1.807, 2.05) is 45.8 Å². The van der Waals surface area contributed by atoms with E-state index in [9.17, 15) is 4.79 Å². The third-order valence-electron chi connectivity index (χ3n) is 3.88. The fraction of sp³-hybridized carbons (Fsp3) is 0.706. The summed E-state index contributed by atoms with van der Waals surface area (Å²) in [5.74, 6) is 1.54. The molecule has 2 N–H and O–H groups in total. The minimum atomic E-state index is -0.461. The quantitative estimate of drug-likeness (QED) is 0.881. The van der Waals surface area contributed by atoms with Gasteiger partial charge in [-0.1, -0.05) is 0 Å². The van der Waals surface area contributed by atoms with Crippen LogP contribution in [-0.2, 0) is 4.74 Å². The van der Waals surface area contributed by atoms with Crippen LogP contribution in [-0.4, -0.2) is 47.8 Å². The molecule has 0 radical (unpaired) electrons. The number of aromatic nitrogens is 2. The van der Waals surface area contributed by atoms with Crippen LogP contribution in [0.25, 0.3) is 0 Å². The number of ether oxygens (including phenoxy) is 1. The number of carbonyl (C=O) groups is 1. The molecule has 1 saturated carbocycles. The van der Waals surface area contributed by atoms with E-state index in [0.717, 1.165) is 31.5 Å². The Bertz CT molecular complexity index is 548. The van der Waals surface area contributed by atoms with Crippen LogP contribution in [0.3, 0.4) is 0 Å². The predicted octanol–water partition coefficient (Wildman–Crippen LogP) is 2.79. The smallest absolute Gasteiger partial charge is 0.407 e. The predicted molar refractivity (Wildman–Crippen MR) is 95.4 cm³/mol. The second-order valence-electron chi connectivity index (χ2n) is 7.47. The number of rotatable bonds is 4. The number of amides is 1. The van der Waals surface area contributed by atoms with Gasteiger partial charge in [-0.25, -0.2) is 9.78 Å². The largest absolute Gasteiger partial charge is 0.444 e. The van der Waals surface area contributed by atoms with E-state index >= 15 is 0 Å². The van der Waals surface area contributed by atoms with Crippen molar-refractivity contribution < 1.29 is 9.53 Å². The van der Waals surface area contributed by atoms with Crippen molar-refractivity contribution in [2.75, 3.05) is 24.3 Å². The highest BCUT2D eigenvalue weighted by molar-refractivity contribution is 5.68. The van der Waals surface area contributed by atoms with Gasteiger partial charge in [0.15, 0.2) is 0 Å². The first kappa shape index (κ1) is 18.3. The molecular weight excluding hydrogens is 306 g/mol. The van der Waals surface area contributed by atoms with Crippen LogP contribution >= 0.6 is 0 Å². The van der Waals surface area contributed by atoms with Crippen LogP contribution in [0.15, 0.2) is 12.3 Å². The Balaban J connectivity index is 1.79. The highest BCUT2D eigenvalue weighted by Crippen LogP contribution is 2.22. The Hall–Kier alpha value is -2.05. The van der Waals surface area contributed by atoms with Crippen molar-refractivity contribution in [2.24, 2.45) is 0 Å². The maximum absolute atomic E-state index is 11.8. The summed E-state index contributed by atoms with van der Waals surface area (Å²) in [6.07, 6.45) is 5.21. The van der Waals surface area contributed by atoms with Gasteiger partial charge in [-0.3, -0.25) is 0 Å². The van der Waals surface area contributed by atoms with Gasteiger partial charge in [0.05, 0.1) is 0 Å². The average molecular weight is 335 g/mol. The van der Waals surface area contributed by atoms with Crippen molar-refractivity contribution in [1.82, 2.24) is 15.3 Å². The molecule has 7 heteroatoms. The van der Waals surface area contributed by atoms with E-state index < -0.39 is 5.60 Å². The Morgan fingerprint density at radius 3 is 2.42 bits per heavy atom. The van der Waals surface area contributed by atoms with Crippen LogP contribution in [0, 0.1) is 0 Å². The minimum absolute atomic E-state index is 0.173. The van der Waals surface area contributed by atoms with Crippen molar-refractivity contribution in [3.8, 4) is 0 Å². The molecular formula is C17H29N5O2. The fourth-order valence-electron chi connectivity index (χ4n) is 2.71. The molecule has 1 fully saturated rings. The maximum Gasteiger partial charge on any atom is 0.407 e. The first-order chi connectivity index (χ1) is 11.2. The normalized spacial score (nSPS) is 21.0. The monoisotopic (exact) mass is 335 g/mol. The molecule has 24 heavy (non-hydrogen) atoms. The SMILES string of the molecule is CN(C)c1ccnc(NC2CCC(NC(=O)OC(C)(C)C)CC2)n1. The molecule has 1 heterocycles. The lowest BCUT2D eigenvalue weighted by atomic mass is 9.91. The van der Waals surface area contributed by atoms with Crippen LogP contribution < -0.4 is 15.5 Å². The van der Waals surface area contributed by atoms with Gasteiger partial charge in [-0.15, -0.1) is 0 Å². The second kappa shape index (κ2) is 7.68. The van der Waals surface area contributed by atoms with Crippen LogP contribution in [0.2, 0.25) is 0 Å². The summed E-state index contributed by atoms with van der Waals surface area (Å²) in [5, 5.41) is 6.35. The van der Waals surface area contributed by atoms with Gasteiger partial charge in [0.25, 0.3) is 0 Å². The Morgan fingerprint density at radius 1 is 1.21 bits per heavy atom. The molecule has 0 saturated heterocycles. The van der Waals surface area contributed by atoms with E-state index in [0.29, 0.717) is 12.0 Å². The van der Waals surface area contributed by atoms with E-state index in [-0.39, 0.29) is 12.1 Å². The number of alkyl carbamates (subject to hydrolysis) is 1. The standard InChI is InChI=1S/C17H29N5O2/c1-17(2,3)24-16(23)20-13-8-6-12(7-9-13)19-15-18-11-10-14(21-15)22(4)5/h10-13H,6-9H2,1-5H3,(H,20,23)(H,18,19,21). The summed E-state index contributed by atoms with van der Waals surface area (Å²) in [6.45, 7) is 5.61. The molecule has 2 rings (SSSR count). The number of hydrogen-bond donors (Lipinski definition) is 2. The molecule has 0 spiro atoms. The fourth-order valence-corrected chi connectivity index (χ4v) is 2.71. The van der Waals surface area contributed by atoms with Crippen molar-refractivity contribution in [1.29, 1.82) is 0 Å². The zero-order chi connectivity index (χ0) is 17.7. The number of carbonyl (C=O) groups excluding carboxylic acids is 1. The molecule has 7 nitrogen and oxygen atoms in total. The highest BCUT2D eigenvalue weighted by atomic mass is 16.6. The van der Waals surface area contributed by atoms with Crippen LogP contribution in [0.1, 0.15) is 46.5 Å². The number of anilines is 2. The maximum atomic E-state index is 11.8. The van der Waals surface area contributed by atoms with Gasteiger partial charge in [0, 0.05) is 32.4 Å². The molecule has 0 atom stereocenters. The average Bonchev–Trinajstić information content (AvgIpc) is 2.47. The number of hydrogen-bond acceptors (Lipinski definition) is 6. The van der Waals surface area contributed by atoms with E-state index in [1.54, 1.807) is 6.20 Å². The molecule has 1 aromatic heterocycles. The molecule has 1 aromatic rings. The van der Waals surface area contributed by atoms with E-state index in [4.69, 9.17) is 4.74 Å². The van der Waals surface area contributed by atoms with Gasteiger partial charge in [0.1, 0.15) is 11.4 Å². The van der Waals surface area contributed by atoms with Crippen LogP contribution in [0.4, 0.5) is 16.6 Å². The zero-order valence-electron chi connectivity index (χ0n) is 15.3. The van der Waals surface area contributed by atoms with Crippen molar-refractivity contribution in [3.63, 3.8) is 0 Å². The number of nitrogens with one attached hydrogen (secondary N) is 2. The second-order valence-corrected chi connectivity index (χ2v) is 7.47. The van der Waals surface area contributed by atoms with Crippen molar-refractivity contribution in [3.05, 3.63) is 12.3 Å². The molecule has 0 unspecified atom stereocenters. The highest BCUT2D eigenvalue weighted by Gasteiger charge is 2.25. The molecule has 134 valence electrons. The van der Waals surface area contributed by atoms with Crippen LogP contribution in [0.5, 0.6) is 0 Å². The summed E-state index contributed by atoms with van der Waals surface area (Å²) in [6, 6.07) is 2.39. The third-order valence-corrected chi connectivity index (χ3v) is 3.88. The zero-order valence-corrected chi connectivity index (χ0v) is 15.3. The van der Waals surface area contributed by atoms with E-state index in [1.165, 1.54) is 0 Å².